The zero-order valence-corrected chi connectivity index (χ0v) is 8.62. The Bertz CT molecular complexity index is 193. The molecule has 0 bridgehead atoms. The molecular weight excluding hydrogens is 202 g/mol. The summed E-state index contributed by atoms with van der Waals surface area (Å²) in [4.78, 5) is 0. The van der Waals surface area contributed by atoms with Gasteiger partial charge < -0.3 is 4.74 Å². The minimum absolute atomic E-state index is 0.0950. The van der Waals surface area contributed by atoms with E-state index in [1.807, 2.05) is 0 Å². The Hall–Kier alpha value is 0.160. The summed E-state index contributed by atoms with van der Waals surface area (Å²) in [6.07, 6.45) is 0.508. The first-order valence-electron chi connectivity index (χ1n) is 3.64. The monoisotopic (exact) mass is 215 g/mol. The molecule has 0 aliphatic carbocycles. The Morgan fingerprint density at radius 1 is 1.50 bits per heavy atom. The van der Waals surface area contributed by atoms with E-state index in [1.165, 1.54) is 0 Å². The molecule has 0 saturated heterocycles. The lowest BCUT2D eigenvalue weighted by molar-refractivity contribution is 0.199. The second kappa shape index (κ2) is 6.65. The molecule has 74 valence electrons. The number of rotatable bonds is 7. The number of methoxy groups -OCH3 is 1. The van der Waals surface area contributed by atoms with E-state index >= 15 is 0 Å². The van der Waals surface area contributed by atoms with Crippen LogP contribution in [0.25, 0.3) is 0 Å². The average Bonchev–Trinajstić information content (AvgIpc) is 2.01. The summed E-state index contributed by atoms with van der Waals surface area (Å²) < 4.78 is 29.2. The van der Waals surface area contributed by atoms with Crippen LogP contribution in [-0.2, 0) is 14.8 Å². The van der Waals surface area contributed by atoms with Crippen LogP contribution in [-0.4, -0.2) is 40.3 Å². The molecule has 0 radical (unpaired) electrons. The molecule has 6 heteroatoms. The highest BCUT2D eigenvalue weighted by atomic mass is 35.5. The van der Waals surface area contributed by atoms with E-state index < -0.39 is 10.0 Å². The minimum atomic E-state index is -3.13. The Morgan fingerprint density at radius 3 is 2.67 bits per heavy atom. The average molecular weight is 216 g/mol. The molecule has 0 spiro atoms. The van der Waals surface area contributed by atoms with Crippen molar-refractivity contribution in [1.29, 1.82) is 0 Å². The summed E-state index contributed by atoms with van der Waals surface area (Å²) in [5.41, 5.74) is 0. The molecule has 0 fully saturated rings. The molecule has 0 atom stereocenters. The largest absolute Gasteiger partial charge is 0.385 e. The van der Waals surface area contributed by atoms with E-state index in [2.05, 4.69) is 4.72 Å². The number of ether oxygens (including phenoxy) is 1. The van der Waals surface area contributed by atoms with Crippen LogP contribution in [0, 0.1) is 0 Å². The molecular formula is C6H14ClNO3S. The Kier molecular flexibility index (Phi) is 6.74. The van der Waals surface area contributed by atoms with Crippen molar-refractivity contribution >= 4 is 21.6 Å². The van der Waals surface area contributed by atoms with Crippen molar-refractivity contribution < 1.29 is 13.2 Å². The maximum absolute atomic E-state index is 11.0. The van der Waals surface area contributed by atoms with Gasteiger partial charge in [0.15, 0.2) is 0 Å². The molecule has 0 aromatic carbocycles. The predicted molar refractivity (Wildman–Crippen MR) is 49.0 cm³/mol. The second-order valence-corrected chi connectivity index (χ2v) is 4.55. The van der Waals surface area contributed by atoms with Crippen molar-refractivity contribution in [2.75, 3.05) is 31.9 Å². The molecule has 0 aromatic rings. The summed E-state index contributed by atoms with van der Waals surface area (Å²) in [5.74, 6) is 0.390. The van der Waals surface area contributed by atoms with E-state index in [9.17, 15) is 8.42 Å². The lowest BCUT2D eigenvalue weighted by Crippen LogP contribution is -2.28. The normalized spacial score (nSPS) is 11.8. The summed E-state index contributed by atoms with van der Waals surface area (Å²) in [6, 6.07) is 0. The maximum atomic E-state index is 11.0. The lowest BCUT2D eigenvalue weighted by Gasteiger charge is -2.03. The van der Waals surface area contributed by atoms with E-state index in [1.54, 1.807) is 7.11 Å². The molecule has 0 aromatic heterocycles. The predicted octanol–water partition coefficient (Wildman–Crippen LogP) is 0.181. The summed E-state index contributed by atoms with van der Waals surface area (Å²) in [7, 11) is -1.59. The van der Waals surface area contributed by atoms with Gasteiger partial charge in [0.1, 0.15) is 0 Å². The van der Waals surface area contributed by atoms with Crippen LogP contribution in [0.5, 0.6) is 0 Å². The SMILES string of the molecule is COCCCS(=O)(=O)NCCCl. The summed E-state index contributed by atoms with van der Waals surface area (Å²) in [6.45, 7) is 0.749. The summed E-state index contributed by atoms with van der Waals surface area (Å²) in [5, 5.41) is 0. The third kappa shape index (κ3) is 6.84. The van der Waals surface area contributed by atoms with Crippen LogP contribution in [0.2, 0.25) is 0 Å². The fourth-order valence-corrected chi connectivity index (χ4v) is 1.92. The van der Waals surface area contributed by atoms with Gasteiger partial charge in [0.2, 0.25) is 10.0 Å². The second-order valence-electron chi connectivity index (χ2n) is 2.25. The van der Waals surface area contributed by atoms with Gasteiger partial charge in [0, 0.05) is 26.1 Å². The van der Waals surface area contributed by atoms with Gasteiger partial charge in [-0.25, -0.2) is 13.1 Å². The Morgan fingerprint density at radius 2 is 2.17 bits per heavy atom. The van der Waals surface area contributed by atoms with E-state index in [-0.39, 0.29) is 12.3 Å². The minimum Gasteiger partial charge on any atom is -0.385 e. The number of sulfonamides is 1. The fraction of sp³-hybridized carbons (Fsp3) is 1.00. The highest BCUT2D eigenvalue weighted by Gasteiger charge is 2.07. The van der Waals surface area contributed by atoms with E-state index in [0.29, 0.717) is 18.9 Å². The topological polar surface area (TPSA) is 55.4 Å². The van der Waals surface area contributed by atoms with Gasteiger partial charge in [0.05, 0.1) is 5.75 Å². The lowest BCUT2D eigenvalue weighted by atomic mass is 10.5. The molecule has 12 heavy (non-hydrogen) atoms. The molecule has 0 aliphatic heterocycles. The van der Waals surface area contributed by atoms with Crippen molar-refractivity contribution in [3.05, 3.63) is 0 Å². The van der Waals surface area contributed by atoms with Crippen LogP contribution in [0.15, 0.2) is 0 Å². The Labute approximate surface area is 78.3 Å². The van der Waals surface area contributed by atoms with Gasteiger partial charge in [-0.1, -0.05) is 0 Å². The third-order valence-corrected chi connectivity index (χ3v) is 2.84. The number of alkyl halides is 1. The maximum Gasteiger partial charge on any atom is 0.211 e. The zero-order chi connectivity index (χ0) is 9.45. The third-order valence-electron chi connectivity index (χ3n) is 1.18. The molecule has 0 rings (SSSR count). The molecule has 1 N–H and O–H groups in total. The smallest absolute Gasteiger partial charge is 0.211 e. The van der Waals surface area contributed by atoms with Crippen molar-refractivity contribution in [3.63, 3.8) is 0 Å². The van der Waals surface area contributed by atoms with Gasteiger partial charge in [0.25, 0.3) is 0 Å². The molecule has 0 heterocycles. The number of halogens is 1. The Balaban J connectivity index is 3.58. The first-order chi connectivity index (χ1) is 5.62. The van der Waals surface area contributed by atoms with Crippen molar-refractivity contribution in [1.82, 2.24) is 4.72 Å². The molecule has 0 aliphatic rings. The fourth-order valence-electron chi connectivity index (χ4n) is 0.660. The van der Waals surface area contributed by atoms with Crippen LogP contribution in [0.1, 0.15) is 6.42 Å². The number of nitrogens with one attached hydrogen (secondary N) is 1. The van der Waals surface area contributed by atoms with E-state index in [0.717, 1.165) is 0 Å². The number of hydrogen-bond donors (Lipinski definition) is 1. The van der Waals surface area contributed by atoms with Gasteiger partial charge in [-0.2, -0.15) is 0 Å². The zero-order valence-electron chi connectivity index (χ0n) is 7.05. The molecule has 4 nitrogen and oxygen atoms in total. The molecule has 0 unspecified atom stereocenters. The van der Waals surface area contributed by atoms with Crippen molar-refractivity contribution in [3.8, 4) is 0 Å². The number of hydrogen-bond acceptors (Lipinski definition) is 3. The van der Waals surface area contributed by atoms with Gasteiger partial charge in [-0.3, -0.25) is 0 Å². The van der Waals surface area contributed by atoms with Crippen molar-refractivity contribution in [2.45, 2.75) is 6.42 Å². The molecule has 0 saturated carbocycles. The van der Waals surface area contributed by atoms with Gasteiger partial charge in [-0.15, -0.1) is 11.6 Å². The standard InChI is InChI=1S/C6H14ClNO3S/c1-11-5-2-6-12(9,10)8-4-3-7/h8H,2-6H2,1H3. The van der Waals surface area contributed by atoms with Crippen LogP contribution in [0.3, 0.4) is 0 Å². The van der Waals surface area contributed by atoms with Crippen LogP contribution in [0.4, 0.5) is 0 Å². The van der Waals surface area contributed by atoms with Gasteiger partial charge >= 0.3 is 0 Å². The van der Waals surface area contributed by atoms with E-state index in [4.69, 9.17) is 16.3 Å². The highest BCUT2D eigenvalue weighted by molar-refractivity contribution is 7.89. The highest BCUT2D eigenvalue weighted by Crippen LogP contribution is 1.89. The summed E-state index contributed by atoms with van der Waals surface area (Å²) >= 11 is 5.32. The van der Waals surface area contributed by atoms with Crippen molar-refractivity contribution in [2.24, 2.45) is 0 Å². The van der Waals surface area contributed by atoms with Crippen LogP contribution >= 0.6 is 11.6 Å². The quantitative estimate of drug-likeness (QED) is 0.487. The first kappa shape index (κ1) is 12.2. The van der Waals surface area contributed by atoms with Crippen LogP contribution < -0.4 is 4.72 Å². The molecule has 0 amide bonds. The van der Waals surface area contributed by atoms with Gasteiger partial charge in [-0.05, 0) is 6.42 Å². The first-order valence-corrected chi connectivity index (χ1v) is 5.83.